The Morgan fingerprint density at radius 3 is 2.59 bits per heavy atom. The number of carbonyl (C=O) groups excluding carboxylic acids is 1. The van der Waals surface area contributed by atoms with Crippen LogP contribution in [-0.2, 0) is 0 Å². The number of aryl methyl sites for hydroxylation is 1. The molecule has 0 aliphatic rings. The first-order valence-electron chi connectivity index (χ1n) is 7.31. The van der Waals surface area contributed by atoms with Crippen molar-refractivity contribution in [1.82, 2.24) is 4.90 Å². The average Bonchev–Trinajstić information content (AvgIpc) is 2.95. The Bertz CT molecular complexity index is 919. The van der Waals surface area contributed by atoms with E-state index in [1.807, 2.05) is 32.9 Å². The van der Waals surface area contributed by atoms with E-state index in [1.165, 1.54) is 11.3 Å². The van der Waals surface area contributed by atoms with Gasteiger partial charge in [0.1, 0.15) is 5.58 Å². The number of benzene rings is 1. The van der Waals surface area contributed by atoms with Crippen LogP contribution < -0.4 is 5.63 Å². The molecule has 22 heavy (non-hydrogen) atoms. The fourth-order valence-corrected chi connectivity index (χ4v) is 3.71. The summed E-state index contributed by atoms with van der Waals surface area (Å²) in [6, 6.07) is 7.36. The predicted octanol–water partition coefficient (Wildman–Crippen LogP) is 3.80. The molecule has 2 aromatic heterocycles. The standard InChI is InChI=1S/C17H17NO3S/c1-4-18(5-2)16(19)14-9-12-15(22-14)11-8-10(3)6-7-13(11)21-17(12)20/h6-9H,4-5H2,1-3H3. The quantitative estimate of drug-likeness (QED) is 0.691. The molecule has 3 aromatic rings. The lowest BCUT2D eigenvalue weighted by molar-refractivity contribution is 0.0778. The summed E-state index contributed by atoms with van der Waals surface area (Å²) in [7, 11) is 0. The molecule has 0 fully saturated rings. The lowest BCUT2D eigenvalue weighted by Gasteiger charge is -2.17. The van der Waals surface area contributed by atoms with Gasteiger partial charge in [-0.1, -0.05) is 11.6 Å². The molecule has 0 aliphatic heterocycles. The number of hydrogen-bond acceptors (Lipinski definition) is 4. The first kappa shape index (κ1) is 14.8. The first-order valence-corrected chi connectivity index (χ1v) is 8.13. The summed E-state index contributed by atoms with van der Waals surface area (Å²) in [4.78, 5) is 27.0. The first-order chi connectivity index (χ1) is 10.5. The van der Waals surface area contributed by atoms with Gasteiger partial charge in [-0.2, -0.15) is 0 Å². The third-order valence-electron chi connectivity index (χ3n) is 3.80. The van der Waals surface area contributed by atoms with Gasteiger partial charge in [-0.25, -0.2) is 4.79 Å². The minimum atomic E-state index is -0.388. The topological polar surface area (TPSA) is 50.5 Å². The van der Waals surface area contributed by atoms with Crippen molar-refractivity contribution in [2.45, 2.75) is 20.8 Å². The van der Waals surface area contributed by atoms with Crippen molar-refractivity contribution in [3.8, 4) is 0 Å². The lowest BCUT2D eigenvalue weighted by atomic mass is 10.1. The fraction of sp³-hybridized carbons (Fsp3) is 0.294. The molecule has 1 aromatic carbocycles. The number of hydrogen-bond donors (Lipinski definition) is 0. The molecule has 2 heterocycles. The molecular formula is C17H17NO3S. The summed E-state index contributed by atoms with van der Waals surface area (Å²) in [5.41, 5.74) is 1.26. The van der Waals surface area contributed by atoms with E-state index in [2.05, 4.69) is 0 Å². The Morgan fingerprint density at radius 2 is 1.91 bits per heavy atom. The smallest absolute Gasteiger partial charge is 0.345 e. The van der Waals surface area contributed by atoms with Gasteiger partial charge >= 0.3 is 5.63 Å². The van der Waals surface area contributed by atoms with E-state index in [0.717, 1.165) is 15.6 Å². The zero-order valence-electron chi connectivity index (χ0n) is 12.8. The molecule has 0 aliphatic carbocycles. The third kappa shape index (κ3) is 2.31. The van der Waals surface area contributed by atoms with Gasteiger partial charge in [-0.3, -0.25) is 4.79 Å². The Morgan fingerprint density at radius 1 is 1.18 bits per heavy atom. The summed E-state index contributed by atoms with van der Waals surface area (Å²) < 4.78 is 6.19. The van der Waals surface area contributed by atoms with Gasteiger partial charge < -0.3 is 9.32 Å². The van der Waals surface area contributed by atoms with Crippen LogP contribution in [0.5, 0.6) is 0 Å². The van der Waals surface area contributed by atoms with Crippen LogP contribution in [0.4, 0.5) is 0 Å². The second kappa shape index (κ2) is 5.57. The minimum Gasteiger partial charge on any atom is -0.422 e. The molecule has 4 nitrogen and oxygen atoms in total. The molecule has 0 unspecified atom stereocenters. The number of amides is 1. The number of carbonyl (C=O) groups is 1. The van der Waals surface area contributed by atoms with Gasteiger partial charge in [0.25, 0.3) is 5.91 Å². The van der Waals surface area contributed by atoms with Crippen LogP contribution in [0.25, 0.3) is 21.1 Å². The van der Waals surface area contributed by atoms with Crippen LogP contribution in [0.15, 0.2) is 33.5 Å². The summed E-state index contributed by atoms with van der Waals surface area (Å²) >= 11 is 1.37. The van der Waals surface area contributed by atoms with Crippen molar-refractivity contribution < 1.29 is 9.21 Å². The number of thiophene rings is 1. The monoisotopic (exact) mass is 315 g/mol. The normalized spacial score (nSPS) is 11.2. The molecule has 3 rings (SSSR count). The summed E-state index contributed by atoms with van der Waals surface area (Å²) in [5, 5.41) is 1.37. The van der Waals surface area contributed by atoms with Gasteiger partial charge in [0.05, 0.1) is 15.0 Å². The van der Waals surface area contributed by atoms with Gasteiger partial charge in [0.2, 0.25) is 0 Å². The van der Waals surface area contributed by atoms with E-state index in [-0.39, 0.29) is 11.5 Å². The largest absolute Gasteiger partial charge is 0.422 e. The van der Waals surface area contributed by atoms with Gasteiger partial charge in [0.15, 0.2) is 0 Å². The van der Waals surface area contributed by atoms with Crippen molar-refractivity contribution in [2.24, 2.45) is 0 Å². The number of fused-ring (bicyclic) bond motifs is 3. The van der Waals surface area contributed by atoms with E-state index in [1.54, 1.807) is 17.0 Å². The van der Waals surface area contributed by atoms with Gasteiger partial charge in [-0.15, -0.1) is 11.3 Å². The maximum Gasteiger partial charge on any atom is 0.345 e. The highest BCUT2D eigenvalue weighted by Gasteiger charge is 2.19. The highest BCUT2D eigenvalue weighted by atomic mass is 32.1. The van der Waals surface area contributed by atoms with E-state index in [4.69, 9.17) is 4.42 Å². The second-order valence-electron chi connectivity index (χ2n) is 5.22. The molecule has 0 saturated carbocycles. The van der Waals surface area contributed by atoms with Crippen LogP contribution in [0.1, 0.15) is 29.1 Å². The Balaban J connectivity index is 2.27. The van der Waals surface area contributed by atoms with E-state index in [9.17, 15) is 9.59 Å². The van der Waals surface area contributed by atoms with E-state index in [0.29, 0.717) is 28.9 Å². The molecule has 0 saturated heterocycles. The minimum absolute atomic E-state index is 0.0357. The predicted molar refractivity (Wildman–Crippen MR) is 89.9 cm³/mol. The zero-order valence-corrected chi connectivity index (χ0v) is 13.6. The maximum atomic E-state index is 12.5. The fourth-order valence-electron chi connectivity index (χ4n) is 2.58. The Kier molecular flexibility index (Phi) is 3.74. The van der Waals surface area contributed by atoms with Crippen molar-refractivity contribution in [1.29, 1.82) is 0 Å². The second-order valence-corrected chi connectivity index (χ2v) is 6.27. The van der Waals surface area contributed by atoms with E-state index < -0.39 is 0 Å². The van der Waals surface area contributed by atoms with Crippen LogP contribution in [-0.4, -0.2) is 23.9 Å². The summed E-state index contributed by atoms with van der Waals surface area (Å²) in [6.45, 7) is 7.19. The van der Waals surface area contributed by atoms with Crippen molar-refractivity contribution in [3.05, 3.63) is 45.1 Å². The molecule has 0 spiro atoms. The molecular weight excluding hydrogens is 298 g/mol. The average molecular weight is 315 g/mol. The Hall–Kier alpha value is -2.14. The molecule has 0 atom stereocenters. The third-order valence-corrected chi connectivity index (χ3v) is 4.95. The molecule has 1 amide bonds. The van der Waals surface area contributed by atoms with Crippen LogP contribution in [0, 0.1) is 6.92 Å². The van der Waals surface area contributed by atoms with Crippen molar-refractivity contribution in [3.63, 3.8) is 0 Å². The highest BCUT2D eigenvalue weighted by molar-refractivity contribution is 7.21. The van der Waals surface area contributed by atoms with E-state index >= 15 is 0 Å². The zero-order chi connectivity index (χ0) is 15.9. The van der Waals surface area contributed by atoms with Crippen LogP contribution in [0.3, 0.4) is 0 Å². The lowest BCUT2D eigenvalue weighted by Crippen LogP contribution is -2.29. The number of nitrogens with zero attached hydrogens (tertiary/aromatic N) is 1. The highest BCUT2D eigenvalue weighted by Crippen LogP contribution is 2.31. The molecule has 114 valence electrons. The van der Waals surface area contributed by atoms with Crippen molar-refractivity contribution in [2.75, 3.05) is 13.1 Å². The van der Waals surface area contributed by atoms with Crippen LogP contribution in [0.2, 0.25) is 0 Å². The van der Waals surface area contributed by atoms with Crippen LogP contribution >= 0.6 is 11.3 Å². The SMILES string of the molecule is CCN(CC)C(=O)c1cc2c(=O)oc3ccc(C)cc3c2s1. The van der Waals surface area contributed by atoms with Crippen molar-refractivity contribution >= 4 is 38.3 Å². The molecule has 0 radical (unpaired) electrons. The molecule has 5 heteroatoms. The molecule has 0 N–H and O–H groups in total. The van der Waals surface area contributed by atoms with Gasteiger partial charge in [0, 0.05) is 18.5 Å². The summed E-state index contributed by atoms with van der Waals surface area (Å²) in [6.07, 6.45) is 0. The summed E-state index contributed by atoms with van der Waals surface area (Å²) in [5.74, 6) is -0.0357. The Labute approximate surface area is 132 Å². The van der Waals surface area contributed by atoms with Gasteiger partial charge in [-0.05, 0) is 39.0 Å². The maximum absolute atomic E-state index is 12.5. The molecule has 0 bridgehead atoms. The number of rotatable bonds is 3.